The number of carbonyl (C=O) groups is 1. The molecule has 1 heterocycles. The molecule has 1 aromatic carbocycles. The van der Waals surface area contributed by atoms with Crippen LogP contribution in [0.5, 0.6) is 0 Å². The molecule has 20 heavy (non-hydrogen) atoms. The third-order valence-electron chi connectivity index (χ3n) is 2.99. The van der Waals surface area contributed by atoms with Gasteiger partial charge in [0.15, 0.2) is 5.82 Å². The molecule has 0 saturated heterocycles. The van der Waals surface area contributed by atoms with Crippen LogP contribution in [0.15, 0.2) is 28.8 Å². The molecular weight excluding hydrogens is 256 g/mol. The van der Waals surface area contributed by atoms with E-state index in [-0.39, 0.29) is 11.8 Å². The summed E-state index contributed by atoms with van der Waals surface area (Å²) in [6.45, 7) is 4.08. The molecule has 6 nitrogen and oxygen atoms in total. The number of hydrogen-bond donors (Lipinski definition) is 2. The molecule has 1 atom stereocenters. The van der Waals surface area contributed by atoms with Gasteiger partial charge in [0.2, 0.25) is 5.91 Å². The molecule has 0 aliphatic carbocycles. The van der Waals surface area contributed by atoms with E-state index in [9.17, 15) is 4.79 Å². The highest BCUT2D eigenvalue weighted by Crippen LogP contribution is 2.26. The van der Waals surface area contributed by atoms with Gasteiger partial charge in [0.25, 0.3) is 5.89 Å². The highest BCUT2D eigenvalue weighted by Gasteiger charge is 2.16. The molecule has 2 rings (SSSR count). The Morgan fingerprint density at radius 2 is 2.20 bits per heavy atom. The molecule has 1 unspecified atom stereocenters. The van der Waals surface area contributed by atoms with Crippen LogP contribution in [0, 0.1) is 12.8 Å². The van der Waals surface area contributed by atoms with Crippen molar-refractivity contribution >= 4 is 11.6 Å². The zero-order chi connectivity index (χ0) is 14.5. The zero-order valence-corrected chi connectivity index (χ0v) is 11.6. The van der Waals surface area contributed by atoms with Crippen LogP contribution in [0.3, 0.4) is 0 Å². The lowest BCUT2D eigenvalue weighted by Crippen LogP contribution is -2.23. The van der Waals surface area contributed by atoms with Crippen molar-refractivity contribution in [3.8, 4) is 11.5 Å². The maximum Gasteiger partial charge on any atom is 0.260 e. The normalized spacial score (nSPS) is 12.2. The summed E-state index contributed by atoms with van der Waals surface area (Å²) in [6.07, 6.45) is 0.646. The van der Waals surface area contributed by atoms with E-state index in [0.717, 1.165) is 0 Å². The summed E-state index contributed by atoms with van der Waals surface area (Å²) in [6, 6.07) is 7.34. The number of aromatic nitrogens is 2. The van der Waals surface area contributed by atoms with Gasteiger partial charge in [-0.2, -0.15) is 4.98 Å². The second kappa shape index (κ2) is 6.29. The lowest BCUT2D eigenvalue weighted by molar-refractivity contribution is -0.119. The Labute approximate surface area is 117 Å². The number of nitrogens with one attached hydrogen (secondary N) is 1. The van der Waals surface area contributed by atoms with Crippen molar-refractivity contribution in [3.63, 3.8) is 0 Å². The number of anilines is 1. The van der Waals surface area contributed by atoms with Crippen LogP contribution < -0.4 is 11.1 Å². The smallest absolute Gasteiger partial charge is 0.260 e. The number of carbonyl (C=O) groups excluding carboxylic acids is 1. The van der Waals surface area contributed by atoms with Crippen molar-refractivity contribution in [2.45, 2.75) is 20.3 Å². The fourth-order valence-electron chi connectivity index (χ4n) is 1.82. The quantitative estimate of drug-likeness (QED) is 0.869. The molecule has 3 N–H and O–H groups in total. The lowest BCUT2D eigenvalue weighted by atomic mass is 10.1. The first-order valence-electron chi connectivity index (χ1n) is 6.52. The van der Waals surface area contributed by atoms with Crippen LogP contribution in [0.2, 0.25) is 0 Å². The topological polar surface area (TPSA) is 94.0 Å². The zero-order valence-electron chi connectivity index (χ0n) is 11.6. The molecule has 0 radical (unpaired) electrons. The standard InChI is InChI=1S/C14H18N4O2/c1-9(7-8-15)13(19)17-12-6-4-3-5-11(12)14-16-10(2)18-20-14/h3-6,9H,7-8,15H2,1-2H3,(H,17,19). The highest BCUT2D eigenvalue weighted by atomic mass is 16.5. The average Bonchev–Trinajstić information content (AvgIpc) is 2.86. The lowest BCUT2D eigenvalue weighted by Gasteiger charge is -2.12. The molecule has 0 aliphatic rings. The van der Waals surface area contributed by atoms with Crippen LogP contribution in [-0.4, -0.2) is 22.6 Å². The number of para-hydroxylation sites is 1. The first kappa shape index (κ1) is 14.2. The van der Waals surface area contributed by atoms with E-state index in [2.05, 4.69) is 15.5 Å². The van der Waals surface area contributed by atoms with Gasteiger partial charge in [-0.15, -0.1) is 0 Å². The Kier molecular flexibility index (Phi) is 4.47. The third-order valence-corrected chi connectivity index (χ3v) is 2.99. The monoisotopic (exact) mass is 274 g/mol. The maximum absolute atomic E-state index is 12.1. The number of nitrogens with two attached hydrogens (primary N) is 1. The van der Waals surface area contributed by atoms with Crippen molar-refractivity contribution in [3.05, 3.63) is 30.1 Å². The minimum Gasteiger partial charge on any atom is -0.334 e. The third kappa shape index (κ3) is 3.21. The van der Waals surface area contributed by atoms with Crippen molar-refractivity contribution in [2.24, 2.45) is 11.7 Å². The second-order valence-electron chi connectivity index (χ2n) is 4.66. The Balaban J connectivity index is 2.22. The summed E-state index contributed by atoms with van der Waals surface area (Å²) in [5.74, 6) is 0.735. The van der Waals surface area contributed by atoms with E-state index >= 15 is 0 Å². The van der Waals surface area contributed by atoms with Crippen molar-refractivity contribution in [2.75, 3.05) is 11.9 Å². The van der Waals surface area contributed by atoms with Crippen LogP contribution in [-0.2, 0) is 4.79 Å². The van der Waals surface area contributed by atoms with Crippen LogP contribution in [0.4, 0.5) is 5.69 Å². The molecule has 0 aliphatic heterocycles. The maximum atomic E-state index is 12.1. The van der Waals surface area contributed by atoms with Gasteiger partial charge in [-0.25, -0.2) is 0 Å². The van der Waals surface area contributed by atoms with Gasteiger partial charge in [0.1, 0.15) is 0 Å². The number of aryl methyl sites for hydroxylation is 1. The largest absolute Gasteiger partial charge is 0.334 e. The number of amides is 1. The molecule has 0 saturated carbocycles. The molecule has 1 aromatic heterocycles. The minimum absolute atomic E-state index is 0.0702. The number of hydrogen-bond acceptors (Lipinski definition) is 5. The first-order valence-corrected chi connectivity index (χ1v) is 6.52. The minimum atomic E-state index is -0.141. The summed E-state index contributed by atoms with van der Waals surface area (Å²) in [5.41, 5.74) is 6.84. The summed E-state index contributed by atoms with van der Waals surface area (Å²) >= 11 is 0. The van der Waals surface area contributed by atoms with Gasteiger partial charge in [-0.3, -0.25) is 4.79 Å². The highest BCUT2D eigenvalue weighted by molar-refractivity contribution is 5.95. The number of benzene rings is 1. The Morgan fingerprint density at radius 1 is 1.45 bits per heavy atom. The van der Waals surface area contributed by atoms with Gasteiger partial charge in [-0.05, 0) is 32.0 Å². The Morgan fingerprint density at radius 3 is 2.85 bits per heavy atom. The van der Waals surface area contributed by atoms with Crippen molar-refractivity contribution in [1.29, 1.82) is 0 Å². The summed E-state index contributed by atoms with van der Waals surface area (Å²) in [5, 5.41) is 6.64. The molecular formula is C14H18N4O2. The van der Waals surface area contributed by atoms with Crippen LogP contribution >= 0.6 is 0 Å². The fraction of sp³-hybridized carbons (Fsp3) is 0.357. The molecule has 0 fully saturated rings. The van der Waals surface area contributed by atoms with Crippen molar-refractivity contribution in [1.82, 2.24) is 10.1 Å². The van der Waals surface area contributed by atoms with E-state index in [4.69, 9.17) is 10.3 Å². The predicted molar refractivity (Wildman–Crippen MR) is 75.9 cm³/mol. The second-order valence-corrected chi connectivity index (χ2v) is 4.66. The molecule has 0 bridgehead atoms. The van der Waals surface area contributed by atoms with Gasteiger partial charge in [0, 0.05) is 5.92 Å². The number of rotatable bonds is 5. The van der Waals surface area contributed by atoms with Crippen LogP contribution in [0.25, 0.3) is 11.5 Å². The van der Waals surface area contributed by atoms with E-state index in [1.807, 2.05) is 31.2 Å². The molecule has 0 spiro atoms. The predicted octanol–water partition coefficient (Wildman–Crippen LogP) is 1.97. The number of nitrogens with zero attached hydrogens (tertiary/aromatic N) is 2. The average molecular weight is 274 g/mol. The van der Waals surface area contributed by atoms with Crippen molar-refractivity contribution < 1.29 is 9.32 Å². The molecule has 106 valence electrons. The van der Waals surface area contributed by atoms with E-state index in [0.29, 0.717) is 35.9 Å². The van der Waals surface area contributed by atoms with E-state index < -0.39 is 0 Å². The van der Waals surface area contributed by atoms with E-state index in [1.54, 1.807) is 6.92 Å². The fourth-order valence-corrected chi connectivity index (χ4v) is 1.82. The van der Waals surface area contributed by atoms with Gasteiger partial charge >= 0.3 is 0 Å². The van der Waals surface area contributed by atoms with E-state index in [1.165, 1.54) is 0 Å². The molecule has 1 amide bonds. The Bertz CT molecular complexity index is 594. The summed E-state index contributed by atoms with van der Waals surface area (Å²) < 4.78 is 5.15. The molecule has 2 aromatic rings. The summed E-state index contributed by atoms with van der Waals surface area (Å²) in [7, 11) is 0. The van der Waals surface area contributed by atoms with Gasteiger partial charge in [-0.1, -0.05) is 24.2 Å². The summed E-state index contributed by atoms with van der Waals surface area (Å²) in [4.78, 5) is 16.2. The van der Waals surface area contributed by atoms with Gasteiger partial charge < -0.3 is 15.6 Å². The molecule has 6 heteroatoms. The first-order chi connectivity index (χ1) is 9.61. The SMILES string of the molecule is Cc1noc(-c2ccccc2NC(=O)C(C)CCN)n1. The van der Waals surface area contributed by atoms with Crippen LogP contribution in [0.1, 0.15) is 19.2 Å². The Hall–Kier alpha value is -2.21. The van der Waals surface area contributed by atoms with Gasteiger partial charge in [0.05, 0.1) is 11.3 Å².